The highest BCUT2D eigenvalue weighted by molar-refractivity contribution is 6.41. The predicted octanol–water partition coefficient (Wildman–Crippen LogP) is 3.08. The number of benzene rings is 2. The molecule has 0 radical (unpaired) electrons. The standard InChI is InChI=1S/C30H38N6O5.C4F6O2/c1-30(2,31)29(40)33-24(19-41-18-21-9-5-3-6-10-21)27(38)34-25-17-36(20-32-25)26(22-11-7-4-8-12-22)28(39)35-15-13-23(37)14-16-35;5-3(6,7)1(11)2(12)4(8,9)10/h3-12,17,20,23-24,26,37H,13-16,18-19,31H2,1-2H3,(H,33,40)(H,34,38);/t24-,26?;/m1./s1. The van der Waals surface area contributed by atoms with Crippen molar-refractivity contribution in [2.24, 2.45) is 5.73 Å². The second kappa shape index (κ2) is 18.1. The summed E-state index contributed by atoms with van der Waals surface area (Å²) in [4.78, 5) is 64.8. The number of carbonyl (C=O) groups excluding carboxylic acids is 5. The van der Waals surface area contributed by atoms with Gasteiger partial charge >= 0.3 is 23.9 Å². The number of anilines is 1. The van der Waals surface area contributed by atoms with Crippen LogP contribution in [0.1, 0.15) is 43.9 Å². The van der Waals surface area contributed by atoms with E-state index in [9.17, 15) is 55.4 Å². The summed E-state index contributed by atoms with van der Waals surface area (Å²) in [5, 5.41) is 15.3. The van der Waals surface area contributed by atoms with E-state index >= 15 is 0 Å². The van der Waals surface area contributed by atoms with Crippen LogP contribution in [0.4, 0.5) is 32.2 Å². The fourth-order valence-electron chi connectivity index (χ4n) is 4.75. The lowest BCUT2D eigenvalue weighted by Crippen LogP contribution is -2.56. The molecule has 53 heavy (non-hydrogen) atoms. The lowest BCUT2D eigenvalue weighted by Gasteiger charge is -2.33. The zero-order valence-electron chi connectivity index (χ0n) is 28.5. The second-order valence-corrected chi connectivity index (χ2v) is 12.5. The van der Waals surface area contributed by atoms with Gasteiger partial charge in [-0.25, -0.2) is 4.98 Å². The van der Waals surface area contributed by atoms with Crippen LogP contribution in [0, 0.1) is 0 Å². The minimum atomic E-state index is -5.77. The van der Waals surface area contributed by atoms with Crippen LogP contribution in [0.25, 0.3) is 0 Å². The highest BCUT2D eigenvalue weighted by atomic mass is 19.4. The molecule has 0 spiro atoms. The molecule has 4 rings (SSSR count). The third kappa shape index (κ3) is 12.8. The summed E-state index contributed by atoms with van der Waals surface area (Å²) >= 11 is 0. The van der Waals surface area contributed by atoms with Crippen LogP contribution < -0.4 is 16.4 Å². The number of piperidine rings is 1. The number of carbonyl (C=O) groups is 5. The molecule has 1 fully saturated rings. The summed E-state index contributed by atoms with van der Waals surface area (Å²) in [6.07, 6.45) is -7.82. The van der Waals surface area contributed by atoms with Gasteiger partial charge in [-0.1, -0.05) is 60.7 Å². The monoisotopic (exact) mass is 756 g/mol. The normalized spacial score (nSPS) is 15.0. The number of aromatic nitrogens is 2. The van der Waals surface area contributed by atoms with Crippen molar-refractivity contribution in [1.82, 2.24) is 19.8 Å². The van der Waals surface area contributed by atoms with Gasteiger partial charge in [-0.3, -0.25) is 24.0 Å². The van der Waals surface area contributed by atoms with Gasteiger partial charge in [0.2, 0.25) is 11.8 Å². The summed E-state index contributed by atoms with van der Waals surface area (Å²) in [6, 6.07) is 17.1. The summed E-state index contributed by atoms with van der Waals surface area (Å²) in [5.41, 5.74) is 6.43. The number of nitrogens with two attached hydrogens (primary N) is 1. The number of likely N-dealkylation sites (tertiary alicyclic amines) is 1. The summed E-state index contributed by atoms with van der Waals surface area (Å²) in [6.45, 7) is 4.19. The first-order chi connectivity index (χ1) is 24.7. The first kappa shape index (κ1) is 42.3. The summed E-state index contributed by atoms with van der Waals surface area (Å²) < 4.78 is 74.4. The molecule has 5 N–H and O–H groups in total. The Hall–Kier alpha value is -5.14. The maximum atomic E-state index is 13.6. The van der Waals surface area contributed by atoms with Crippen molar-refractivity contribution < 1.29 is 60.2 Å². The number of rotatable bonds is 12. The topological polar surface area (TPSA) is 186 Å². The van der Waals surface area contributed by atoms with Gasteiger partial charge in [-0.15, -0.1) is 0 Å². The van der Waals surface area contributed by atoms with Gasteiger partial charge in [0.25, 0.3) is 5.91 Å². The molecular weight excluding hydrogens is 718 g/mol. The van der Waals surface area contributed by atoms with Crippen LogP contribution in [0.15, 0.2) is 73.2 Å². The number of hydrogen-bond acceptors (Lipinski definition) is 9. The third-order valence-electron chi connectivity index (χ3n) is 7.60. The van der Waals surface area contributed by atoms with Crippen molar-refractivity contribution in [1.29, 1.82) is 0 Å². The van der Waals surface area contributed by atoms with Gasteiger partial charge in [-0.2, -0.15) is 26.3 Å². The largest absolute Gasteiger partial charge is 0.458 e. The van der Waals surface area contributed by atoms with Crippen LogP contribution in [0.3, 0.4) is 0 Å². The molecule has 2 atom stereocenters. The van der Waals surface area contributed by atoms with Gasteiger partial charge < -0.3 is 35.7 Å². The number of ether oxygens (including phenoxy) is 1. The molecule has 1 aliphatic heterocycles. The maximum Gasteiger partial charge on any atom is 0.458 e. The Labute approximate surface area is 299 Å². The number of nitrogens with zero attached hydrogens (tertiary/aromatic N) is 3. The molecule has 1 unspecified atom stereocenters. The van der Waals surface area contributed by atoms with Crippen LogP contribution >= 0.6 is 0 Å². The SMILES string of the molecule is CC(C)(N)C(=O)N[C@H](COCc1ccccc1)C(=O)Nc1cn(C(C(=O)N2CCC(O)CC2)c2ccccc2)cn1.O=C(C(=O)C(F)(F)F)C(F)(F)F. The average molecular weight is 757 g/mol. The zero-order chi connectivity index (χ0) is 39.6. The van der Waals surface area contributed by atoms with E-state index in [1.165, 1.54) is 6.33 Å². The van der Waals surface area contributed by atoms with Gasteiger partial charge in [0.1, 0.15) is 12.1 Å². The van der Waals surface area contributed by atoms with Gasteiger partial charge in [0, 0.05) is 19.3 Å². The van der Waals surface area contributed by atoms with E-state index in [1.807, 2.05) is 60.7 Å². The van der Waals surface area contributed by atoms with E-state index in [-0.39, 0.29) is 24.9 Å². The van der Waals surface area contributed by atoms with Gasteiger partial charge in [0.15, 0.2) is 5.82 Å². The molecule has 288 valence electrons. The predicted molar refractivity (Wildman–Crippen MR) is 176 cm³/mol. The number of ketones is 2. The number of halogens is 6. The molecule has 2 heterocycles. The number of Topliss-reactive ketones (excluding diaryl/α,β-unsaturated/α-hetero) is 2. The minimum Gasteiger partial charge on any atom is -0.393 e. The van der Waals surface area contributed by atoms with Crippen molar-refractivity contribution in [3.63, 3.8) is 0 Å². The number of imidazole rings is 1. The number of hydrogen-bond donors (Lipinski definition) is 4. The third-order valence-corrected chi connectivity index (χ3v) is 7.60. The van der Waals surface area contributed by atoms with E-state index in [4.69, 9.17) is 10.5 Å². The molecular formula is C34H38F6N6O7. The van der Waals surface area contributed by atoms with E-state index in [1.54, 1.807) is 29.5 Å². The van der Waals surface area contributed by atoms with Crippen LogP contribution in [-0.2, 0) is 35.3 Å². The Morgan fingerprint density at radius 3 is 1.94 bits per heavy atom. The first-order valence-corrected chi connectivity index (χ1v) is 16.0. The lowest BCUT2D eigenvalue weighted by molar-refractivity contribution is -0.193. The number of aliphatic hydroxyl groups is 1. The summed E-state index contributed by atoms with van der Waals surface area (Å²) in [7, 11) is 0. The molecule has 0 aliphatic carbocycles. The Morgan fingerprint density at radius 2 is 1.43 bits per heavy atom. The molecule has 13 nitrogen and oxygen atoms in total. The molecule has 2 aromatic carbocycles. The lowest BCUT2D eigenvalue weighted by atomic mass is 10.0. The molecule has 0 saturated carbocycles. The van der Waals surface area contributed by atoms with E-state index in [0.29, 0.717) is 25.9 Å². The highest BCUT2D eigenvalue weighted by Crippen LogP contribution is 2.26. The average Bonchev–Trinajstić information content (AvgIpc) is 3.54. The molecule has 1 aliphatic rings. The minimum absolute atomic E-state index is 0.0881. The van der Waals surface area contributed by atoms with Crippen LogP contribution in [0.2, 0.25) is 0 Å². The highest BCUT2D eigenvalue weighted by Gasteiger charge is 2.54. The number of nitrogens with one attached hydrogen (secondary N) is 2. The molecule has 19 heteroatoms. The van der Waals surface area contributed by atoms with Crippen molar-refractivity contribution >= 4 is 35.1 Å². The van der Waals surface area contributed by atoms with Crippen LogP contribution in [0.5, 0.6) is 0 Å². The molecule has 3 amide bonds. The second-order valence-electron chi connectivity index (χ2n) is 12.5. The fourth-order valence-corrected chi connectivity index (χ4v) is 4.75. The van der Waals surface area contributed by atoms with Crippen molar-refractivity contribution in [3.8, 4) is 0 Å². The number of aliphatic hydroxyl groups excluding tert-OH is 1. The van der Waals surface area contributed by atoms with Crippen molar-refractivity contribution in [3.05, 3.63) is 84.3 Å². The first-order valence-electron chi connectivity index (χ1n) is 16.0. The molecule has 3 aromatic rings. The van der Waals surface area contributed by atoms with Crippen LogP contribution in [-0.4, -0.2) is 98.6 Å². The Bertz CT molecular complexity index is 1680. The fraction of sp³-hybridized carbons (Fsp3) is 0.412. The maximum absolute atomic E-state index is 13.6. The van der Waals surface area contributed by atoms with E-state index in [0.717, 1.165) is 11.1 Å². The van der Waals surface area contributed by atoms with Crippen molar-refractivity contribution in [2.75, 3.05) is 25.0 Å². The van der Waals surface area contributed by atoms with Gasteiger partial charge in [-0.05, 0) is 37.8 Å². The van der Waals surface area contributed by atoms with Crippen molar-refractivity contribution in [2.45, 2.75) is 69.4 Å². The van der Waals surface area contributed by atoms with Gasteiger partial charge in [0.05, 0.1) is 31.2 Å². The smallest absolute Gasteiger partial charge is 0.393 e. The number of alkyl halides is 6. The van der Waals surface area contributed by atoms with E-state index in [2.05, 4.69) is 15.6 Å². The molecule has 1 aromatic heterocycles. The Balaban J connectivity index is 0.000000541. The zero-order valence-corrected chi connectivity index (χ0v) is 28.5. The number of amides is 3. The molecule has 0 bridgehead atoms. The van der Waals surface area contributed by atoms with E-state index < -0.39 is 59.5 Å². The molecule has 1 saturated heterocycles. The Kier molecular flexibility index (Phi) is 14.4. The Morgan fingerprint density at radius 1 is 0.906 bits per heavy atom. The summed E-state index contributed by atoms with van der Waals surface area (Å²) in [5.74, 6) is -7.76. The quantitative estimate of drug-likeness (QED) is 0.159.